The summed E-state index contributed by atoms with van der Waals surface area (Å²) in [5.74, 6) is 1.34. The predicted molar refractivity (Wildman–Crippen MR) is 65.6 cm³/mol. The molecule has 1 heterocycles. The predicted octanol–water partition coefficient (Wildman–Crippen LogP) is 2.78. The Morgan fingerprint density at radius 1 is 1.35 bits per heavy atom. The van der Waals surface area contributed by atoms with E-state index in [0.717, 1.165) is 25.2 Å². The SMILES string of the molecule is COC(=O)C1(C(C)C)OC12CCC(C)C(C)C2. The molecular weight excluding hydrogens is 216 g/mol. The maximum Gasteiger partial charge on any atom is 0.341 e. The third-order valence-electron chi connectivity index (χ3n) is 4.92. The topological polar surface area (TPSA) is 38.8 Å². The van der Waals surface area contributed by atoms with E-state index in [-0.39, 0.29) is 17.5 Å². The largest absolute Gasteiger partial charge is 0.467 e. The van der Waals surface area contributed by atoms with Crippen LogP contribution in [0, 0.1) is 17.8 Å². The quantitative estimate of drug-likeness (QED) is 0.550. The molecule has 1 saturated carbocycles. The second kappa shape index (κ2) is 3.98. The zero-order valence-corrected chi connectivity index (χ0v) is 11.6. The van der Waals surface area contributed by atoms with Gasteiger partial charge in [0.15, 0.2) is 5.60 Å². The van der Waals surface area contributed by atoms with Gasteiger partial charge in [-0.1, -0.05) is 27.7 Å². The van der Waals surface area contributed by atoms with Crippen molar-refractivity contribution in [3.8, 4) is 0 Å². The lowest BCUT2D eigenvalue weighted by Gasteiger charge is -2.32. The van der Waals surface area contributed by atoms with Crippen molar-refractivity contribution in [1.29, 1.82) is 0 Å². The van der Waals surface area contributed by atoms with Crippen molar-refractivity contribution >= 4 is 5.97 Å². The molecule has 98 valence electrons. The Balaban J connectivity index is 2.22. The van der Waals surface area contributed by atoms with Gasteiger partial charge in [-0.2, -0.15) is 0 Å². The van der Waals surface area contributed by atoms with Gasteiger partial charge < -0.3 is 9.47 Å². The minimum Gasteiger partial charge on any atom is -0.467 e. The molecule has 0 radical (unpaired) electrons. The summed E-state index contributed by atoms with van der Waals surface area (Å²) in [6, 6.07) is 0. The van der Waals surface area contributed by atoms with Gasteiger partial charge in [-0.3, -0.25) is 0 Å². The summed E-state index contributed by atoms with van der Waals surface area (Å²) in [6.45, 7) is 8.65. The molecule has 4 unspecified atom stereocenters. The summed E-state index contributed by atoms with van der Waals surface area (Å²) >= 11 is 0. The molecule has 0 amide bonds. The second-order valence-electron chi connectivity index (χ2n) is 6.18. The normalized spacial score (nSPS) is 45.1. The number of hydrogen-bond donors (Lipinski definition) is 0. The molecular formula is C14H24O3. The van der Waals surface area contributed by atoms with Crippen LogP contribution in [0.4, 0.5) is 0 Å². The van der Waals surface area contributed by atoms with Crippen LogP contribution < -0.4 is 0 Å². The Labute approximate surface area is 104 Å². The Bertz CT molecular complexity index is 325. The van der Waals surface area contributed by atoms with E-state index in [2.05, 4.69) is 13.8 Å². The number of carbonyl (C=O) groups is 1. The molecule has 4 atom stereocenters. The van der Waals surface area contributed by atoms with Crippen LogP contribution in [-0.4, -0.2) is 24.3 Å². The smallest absolute Gasteiger partial charge is 0.341 e. The lowest BCUT2D eigenvalue weighted by molar-refractivity contribution is -0.148. The van der Waals surface area contributed by atoms with Crippen molar-refractivity contribution in [1.82, 2.24) is 0 Å². The number of ether oxygens (including phenoxy) is 2. The summed E-state index contributed by atoms with van der Waals surface area (Å²) < 4.78 is 11.0. The molecule has 0 bridgehead atoms. The van der Waals surface area contributed by atoms with Crippen molar-refractivity contribution in [3.05, 3.63) is 0 Å². The third kappa shape index (κ3) is 1.62. The molecule has 1 aliphatic carbocycles. The number of methoxy groups -OCH3 is 1. The first-order valence-corrected chi connectivity index (χ1v) is 6.68. The van der Waals surface area contributed by atoms with Crippen molar-refractivity contribution < 1.29 is 14.3 Å². The van der Waals surface area contributed by atoms with Crippen LogP contribution in [0.3, 0.4) is 0 Å². The second-order valence-corrected chi connectivity index (χ2v) is 6.18. The molecule has 0 N–H and O–H groups in total. The maximum atomic E-state index is 12.1. The standard InChI is InChI=1S/C14H24O3/c1-9(2)14(12(15)16-5)13(17-14)7-6-10(3)11(4)8-13/h9-11H,6-8H2,1-5H3. The Kier molecular flexibility index (Phi) is 3.01. The first-order chi connectivity index (χ1) is 7.89. The zero-order chi connectivity index (χ0) is 12.8. The van der Waals surface area contributed by atoms with Crippen LogP contribution in [0.15, 0.2) is 0 Å². The molecule has 2 aliphatic rings. The Hall–Kier alpha value is -0.570. The number of rotatable bonds is 2. The van der Waals surface area contributed by atoms with E-state index >= 15 is 0 Å². The minimum atomic E-state index is -0.670. The molecule has 2 fully saturated rings. The number of carbonyl (C=O) groups excluding carboxylic acids is 1. The molecule has 0 aromatic heterocycles. The highest BCUT2D eigenvalue weighted by atomic mass is 16.7. The summed E-state index contributed by atoms with van der Waals surface area (Å²) in [5, 5.41) is 0. The molecule has 1 aliphatic heterocycles. The Morgan fingerprint density at radius 2 is 2.00 bits per heavy atom. The van der Waals surface area contributed by atoms with Gasteiger partial charge in [-0.15, -0.1) is 0 Å². The van der Waals surface area contributed by atoms with Gasteiger partial charge in [-0.05, 0) is 37.0 Å². The van der Waals surface area contributed by atoms with Crippen molar-refractivity contribution in [3.63, 3.8) is 0 Å². The lowest BCUT2D eigenvalue weighted by atomic mass is 9.68. The molecule has 3 nitrogen and oxygen atoms in total. The summed E-state index contributed by atoms with van der Waals surface area (Å²) in [7, 11) is 1.46. The van der Waals surface area contributed by atoms with E-state index in [9.17, 15) is 4.79 Å². The minimum absolute atomic E-state index is 0.176. The van der Waals surface area contributed by atoms with Gasteiger partial charge in [0.25, 0.3) is 0 Å². The van der Waals surface area contributed by atoms with E-state index in [1.807, 2.05) is 13.8 Å². The van der Waals surface area contributed by atoms with E-state index in [1.54, 1.807) is 0 Å². The fourth-order valence-electron chi connectivity index (χ4n) is 3.54. The van der Waals surface area contributed by atoms with Gasteiger partial charge in [0.05, 0.1) is 7.11 Å². The highest BCUT2D eigenvalue weighted by Crippen LogP contribution is 2.62. The first kappa shape index (κ1) is 12.9. The molecule has 1 spiro atoms. The van der Waals surface area contributed by atoms with Crippen molar-refractivity contribution in [2.75, 3.05) is 7.11 Å². The first-order valence-electron chi connectivity index (χ1n) is 6.68. The third-order valence-corrected chi connectivity index (χ3v) is 4.92. The fraction of sp³-hybridized carbons (Fsp3) is 0.929. The molecule has 0 aromatic carbocycles. The highest BCUT2D eigenvalue weighted by molar-refractivity contribution is 5.85. The van der Waals surface area contributed by atoms with Crippen LogP contribution in [0.1, 0.15) is 47.0 Å². The molecule has 0 aromatic rings. The molecule has 2 rings (SSSR count). The van der Waals surface area contributed by atoms with Crippen LogP contribution >= 0.6 is 0 Å². The van der Waals surface area contributed by atoms with Gasteiger partial charge in [0.1, 0.15) is 5.60 Å². The highest BCUT2D eigenvalue weighted by Gasteiger charge is 2.76. The van der Waals surface area contributed by atoms with Gasteiger partial charge in [0.2, 0.25) is 0 Å². The summed E-state index contributed by atoms with van der Waals surface area (Å²) in [5.41, 5.74) is -0.906. The monoisotopic (exact) mass is 240 g/mol. The van der Waals surface area contributed by atoms with E-state index in [1.165, 1.54) is 7.11 Å². The lowest BCUT2D eigenvalue weighted by Crippen LogP contribution is -2.43. The number of hydrogen-bond acceptors (Lipinski definition) is 3. The summed E-state index contributed by atoms with van der Waals surface area (Å²) in [4.78, 5) is 12.1. The van der Waals surface area contributed by atoms with E-state index in [4.69, 9.17) is 9.47 Å². The molecule has 1 saturated heterocycles. The van der Waals surface area contributed by atoms with Crippen LogP contribution in [0.25, 0.3) is 0 Å². The zero-order valence-electron chi connectivity index (χ0n) is 11.6. The number of esters is 1. The Morgan fingerprint density at radius 3 is 2.47 bits per heavy atom. The average Bonchev–Trinajstić information content (AvgIpc) is 2.93. The maximum absolute atomic E-state index is 12.1. The van der Waals surface area contributed by atoms with Crippen LogP contribution in [-0.2, 0) is 14.3 Å². The average molecular weight is 240 g/mol. The number of epoxide rings is 1. The van der Waals surface area contributed by atoms with Gasteiger partial charge >= 0.3 is 5.97 Å². The molecule has 3 heteroatoms. The molecule has 17 heavy (non-hydrogen) atoms. The van der Waals surface area contributed by atoms with Gasteiger partial charge in [-0.25, -0.2) is 4.79 Å². The van der Waals surface area contributed by atoms with Crippen molar-refractivity contribution in [2.45, 2.75) is 58.2 Å². The van der Waals surface area contributed by atoms with E-state index in [0.29, 0.717) is 5.92 Å². The van der Waals surface area contributed by atoms with Crippen LogP contribution in [0.2, 0.25) is 0 Å². The summed E-state index contributed by atoms with van der Waals surface area (Å²) in [6.07, 6.45) is 3.12. The van der Waals surface area contributed by atoms with E-state index < -0.39 is 5.60 Å². The van der Waals surface area contributed by atoms with Crippen molar-refractivity contribution in [2.24, 2.45) is 17.8 Å². The fourth-order valence-corrected chi connectivity index (χ4v) is 3.54. The van der Waals surface area contributed by atoms with Gasteiger partial charge in [0, 0.05) is 0 Å². The van der Waals surface area contributed by atoms with Crippen LogP contribution in [0.5, 0.6) is 0 Å².